The summed E-state index contributed by atoms with van der Waals surface area (Å²) in [6.07, 6.45) is 4.99. The van der Waals surface area contributed by atoms with Crippen molar-refractivity contribution in [3.8, 4) is 0 Å². The van der Waals surface area contributed by atoms with E-state index in [9.17, 15) is 8.78 Å². The summed E-state index contributed by atoms with van der Waals surface area (Å²) >= 11 is 1.18. The van der Waals surface area contributed by atoms with Crippen LogP contribution in [0.3, 0.4) is 0 Å². The topological polar surface area (TPSA) is 56.2 Å². The number of imidazole rings is 1. The van der Waals surface area contributed by atoms with Gasteiger partial charge in [-0.15, -0.1) is 0 Å². The maximum absolute atomic E-state index is 13.2. The van der Waals surface area contributed by atoms with Crippen molar-refractivity contribution in [1.82, 2.24) is 14.4 Å². The molecular weight excluding hydrogens is 270 g/mol. The Morgan fingerprint density at radius 3 is 2.84 bits per heavy atom. The van der Waals surface area contributed by atoms with Crippen molar-refractivity contribution in [3.63, 3.8) is 0 Å². The molecule has 0 amide bonds. The standard InChI is InChI=1S/C12H8F2N4S/c13-8-2-1-7(5-9(8)14)19-12-11-16-3-4-18(11)6-10(15)17-12/h1-6H,15H2. The summed E-state index contributed by atoms with van der Waals surface area (Å²) < 4.78 is 27.8. The minimum absolute atomic E-state index is 0.329. The molecule has 2 N–H and O–H groups in total. The number of nitrogen functional groups attached to an aromatic ring is 1. The molecule has 0 aliphatic carbocycles. The van der Waals surface area contributed by atoms with E-state index in [1.807, 2.05) is 0 Å². The largest absolute Gasteiger partial charge is 0.382 e. The lowest BCUT2D eigenvalue weighted by molar-refractivity contribution is 0.506. The fourth-order valence-corrected chi connectivity index (χ4v) is 2.56. The van der Waals surface area contributed by atoms with Crippen molar-refractivity contribution in [2.24, 2.45) is 0 Å². The van der Waals surface area contributed by atoms with Crippen molar-refractivity contribution in [3.05, 3.63) is 48.4 Å². The zero-order chi connectivity index (χ0) is 13.4. The van der Waals surface area contributed by atoms with E-state index in [0.717, 1.165) is 12.1 Å². The molecule has 3 aromatic rings. The van der Waals surface area contributed by atoms with Crippen LogP contribution in [0.15, 0.2) is 46.7 Å². The van der Waals surface area contributed by atoms with Gasteiger partial charge in [0.2, 0.25) is 0 Å². The number of hydrogen-bond acceptors (Lipinski definition) is 4. The molecular formula is C12H8F2N4S. The van der Waals surface area contributed by atoms with Crippen LogP contribution >= 0.6 is 11.8 Å². The number of benzene rings is 1. The molecule has 0 aliphatic heterocycles. The van der Waals surface area contributed by atoms with Crippen molar-refractivity contribution in [2.45, 2.75) is 9.92 Å². The Balaban J connectivity index is 2.04. The van der Waals surface area contributed by atoms with Crippen LogP contribution in [-0.4, -0.2) is 14.4 Å². The van der Waals surface area contributed by atoms with Crippen LogP contribution in [0, 0.1) is 11.6 Å². The Morgan fingerprint density at radius 2 is 2.05 bits per heavy atom. The van der Waals surface area contributed by atoms with Gasteiger partial charge in [-0.3, -0.25) is 0 Å². The van der Waals surface area contributed by atoms with Gasteiger partial charge in [0.25, 0.3) is 0 Å². The third-order valence-corrected chi connectivity index (χ3v) is 3.42. The first-order valence-corrected chi connectivity index (χ1v) is 6.17. The number of fused-ring (bicyclic) bond motifs is 1. The van der Waals surface area contributed by atoms with Crippen LogP contribution in [-0.2, 0) is 0 Å². The first kappa shape index (κ1) is 11.9. The molecule has 0 saturated heterocycles. The lowest BCUT2D eigenvalue weighted by Gasteiger charge is -2.05. The minimum Gasteiger partial charge on any atom is -0.382 e. The number of nitrogens with zero attached hydrogens (tertiary/aromatic N) is 3. The van der Waals surface area contributed by atoms with Crippen LogP contribution in [0.2, 0.25) is 0 Å². The van der Waals surface area contributed by atoms with Gasteiger partial charge in [-0.2, -0.15) is 0 Å². The second-order valence-corrected chi connectivity index (χ2v) is 4.87. The number of aromatic nitrogens is 3. The van der Waals surface area contributed by atoms with E-state index < -0.39 is 11.6 Å². The highest BCUT2D eigenvalue weighted by Crippen LogP contribution is 2.30. The summed E-state index contributed by atoms with van der Waals surface area (Å²) in [6.45, 7) is 0. The van der Waals surface area contributed by atoms with Crippen LogP contribution in [0.5, 0.6) is 0 Å². The smallest absolute Gasteiger partial charge is 0.170 e. The van der Waals surface area contributed by atoms with Crippen molar-refractivity contribution >= 4 is 23.2 Å². The molecule has 2 heterocycles. The molecule has 0 bridgehead atoms. The van der Waals surface area contributed by atoms with Gasteiger partial charge >= 0.3 is 0 Å². The number of hydrogen-bond donors (Lipinski definition) is 1. The molecule has 0 atom stereocenters. The number of anilines is 1. The molecule has 0 fully saturated rings. The van der Waals surface area contributed by atoms with Gasteiger partial charge in [-0.05, 0) is 18.2 Å². The zero-order valence-electron chi connectivity index (χ0n) is 9.55. The summed E-state index contributed by atoms with van der Waals surface area (Å²) in [4.78, 5) is 8.84. The fourth-order valence-electron chi connectivity index (χ4n) is 1.64. The van der Waals surface area contributed by atoms with Crippen LogP contribution in [0.1, 0.15) is 0 Å². The maximum Gasteiger partial charge on any atom is 0.170 e. The third kappa shape index (κ3) is 2.24. The van der Waals surface area contributed by atoms with E-state index in [0.29, 0.717) is 21.4 Å². The van der Waals surface area contributed by atoms with Gasteiger partial charge in [0.15, 0.2) is 17.3 Å². The number of halogens is 2. The van der Waals surface area contributed by atoms with Gasteiger partial charge in [-0.25, -0.2) is 18.7 Å². The molecule has 0 unspecified atom stereocenters. The Bertz CT molecular complexity index is 757. The molecule has 0 aliphatic rings. The van der Waals surface area contributed by atoms with Gasteiger partial charge in [0, 0.05) is 17.3 Å². The van der Waals surface area contributed by atoms with E-state index in [1.165, 1.54) is 17.8 Å². The van der Waals surface area contributed by atoms with E-state index in [2.05, 4.69) is 9.97 Å². The molecule has 4 nitrogen and oxygen atoms in total. The van der Waals surface area contributed by atoms with Crippen molar-refractivity contribution in [2.75, 3.05) is 5.73 Å². The van der Waals surface area contributed by atoms with Crippen molar-refractivity contribution < 1.29 is 8.78 Å². The summed E-state index contributed by atoms with van der Waals surface area (Å²) in [5.74, 6) is -1.44. The maximum atomic E-state index is 13.2. The normalized spacial score (nSPS) is 11.1. The molecule has 0 saturated carbocycles. The van der Waals surface area contributed by atoms with Crippen LogP contribution in [0.25, 0.3) is 5.65 Å². The van der Waals surface area contributed by atoms with Crippen LogP contribution < -0.4 is 5.73 Å². The van der Waals surface area contributed by atoms with E-state index in [4.69, 9.17) is 5.73 Å². The molecule has 19 heavy (non-hydrogen) atoms. The Hall–Kier alpha value is -2.15. The lowest BCUT2D eigenvalue weighted by Crippen LogP contribution is -1.97. The average Bonchev–Trinajstić information content (AvgIpc) is 2.82. The highest BCUT2D eigenvalue weighted by molar-refractivity contribution is 7.99. The molecule has 96 valence electrons. The first-order valence-electron chi connectivity index (χ1n) is 5.35. The third-order valence-electron chi connectivity index (χ3n) is 2.47. The summed E-state index contributed by atoms with van der Waals surface area (Å²) in [5, 5.41) is 0.538. The second kappa shape index (κ2) is 4.51. The lowest BCUT2D eigenvalue weighted by atomic mass is 10.3. The average molecular weight is 278 g/mol. The second-order valence-electron chi connectivity index (χ2n) is 3.81. The zero-order valence-corrected chi connectivity index (χ0v) is 10.4. The highest BCUT2D eigenvalue weighted by atomic mass is 32.2. The van der Waals surface area contributed by atoms with Gasteiger partial charge in [0.05, 0.1) is 6.20 Å². The Kier molecular flexibility index (Phi) is 2.83. The molecule has 7 heteroatoms. The fraction of sp³-hybridized carbons (Fsp3) is 0. The quantitative estimate of drug-likeness (QED) is 0.783. The van der Waals surface area contributed by atoms with E-state index in [-0.39, 0.29) is 0 Å². The monoisotopic (exact) mass is 278 g/mol. The molecule has 0 radical (unpaired) electrons. The summed E-state index contributed by atoms with van der Waals surface area (Å²) in [6, 6.07) is 3.67. The number of nitrogens with two attached hydrogens (primary N) is 1. The van der Waals surface area contributed by atoms with Gasteiger partial charge in [0.1, 0.15) is 10.8 Å². The van der Waals surface area contributed by atoms with E-state index in [1.54, 1.807) is 23.0 Å². The molecule has 3 rings (SSSR count). The predicted molar refractivity (Wildman–Crippen MR) is 67.9 cm³/mol. The number of rotatable bonds is 2. The van der Waals surface area contributed by atoms with Crippen molar-refractivity contribution in [1.29, 1.82) is 0 Å². The summed E-state index contributed by atoms with van der Waals surface area (Å²) in [5.41, 5.74) is 6.30. The van der Waals surface area contributed by atoms with Crippen LogP contribution in [0.4, 0.5) is 14.6 Å². The minimum atomic E-state index is -0.895. The van der Waals surface area contributed by atoms with Gasteiger partial charge in [-0.1, -0.05) is 11.8 Å². The molecule has 1 aromatic carbocycles. The Morgan fingerprint density at radius 1 is 1.21 bits per heavy atom. The SMILES string of the molecule is Nc1cn2ccnc2c(Sc2ccc(F)c(F)c2)n1. The first-order chi connectivity index (χ1) is 9.13. The predicted octanol–water partition coefficient (Wildman–Crippen LogP) is 2.74. The Labute approximate surface area is 111 Å². The summed E-state index contributed by atoms with van der Waals surface area (Å²) in [7, 11) is 0. The molecule has 2 aromatic heterocycles. The van der Waals surface area contributed by atoms with E-state index >= 15 is 0 Å². The van der Waals surface area contributed by atoms with Gasteiger partial charge < -0.3 is 10.1 Å². The highest BCUT2D eigenvalue weighted by Gasteiger charge is 2.10. The molecule has 0 spiro atoms.